The minimum Gasteiger partial charge on any atom is -0.324 e. The summed E-state index contributed by atoms with van der Waals surface area (Å²) in [7, 11) is 0. The highest BCUT2D eigenvalue weighted by Crippen LogP contribution is 2.36. The maximum absolute atomic E-state index is 6.15. The number of nitrogens with zero attached hydrogens (tertiary/aromatic N) is 3. The minimum absolute atomic E-state index is 0.311. The van der Waals surface area contributed by atoms with E-state index in [1.165, 1.54) is 5.56 Å². The average molecular weight is 373 g/mol. The van der Waals surface area contributed by atoms with Gasteiger partial charge in [0, 0.05) is 28.9 Å². The molecular formula is C19H21ClN4S. The van der Waals surface area contributed by atoms with E-state index in [4.69, 9.17) is 22.3 Å². The average Bonchev–Trinajstić information content (AvgIpc) is 2.94. The summed E-state index contributed by atoms with van der Waals surface area (Å²) in [6, 6.07) is 11.9. The Morgan fingerprint density at radius 3 is 2.60 bits per heavy atom. The zero-order valence-corrected chi connectivity index (χ0v) is 15.9. The molecule has 0 saturated carbocycles. The smallest absolute Gasteiger partial charge is 0.124 e. The van der Waals surface area contributed by atoms with Gasteiger partial charge in [0.25, 0.3) is 0 Å². The summed E-state index contributed by atoms with van der Waals surface area (Å²) >= 11 is 7.84. The highest BCUT2D eigenvalue weighted by atomic mass is 35.5. The number of hydrogen-bond acceptors (Lipinski definition) is 4. The van der Waals surface area contributed by atoms with Crippen molar-refractivity contribution < 1.29 is 0 Å². The highest BCUT2D eigenvalue weighted by Gasteiger charge is 2.20. The molecule has 0 aliphatic rings. The van der Waals surface area contributed by atoms with Gasteiger partial charge in [-0.05, 0) is 41.8 Å². The molecule has 2 heterocycles. The van der Waals surface area contributed by atoms with E-state index in [0.717, 1.165) is 33.0 Å². The van der Waals surface area contributed by atoms with Crippen LogP contribution in [0.25, 0.3) is 0 Å². The molecule has 2 N–H and O–H groups in total. The molecule has 130 valence electrons. The molecule has 2 aromatic heterocycles. The minimum atomic E-state index is 0.311. The summed E-state index contributed by atoms with van der Waals surface area (Å²) in [5.74, 6) is 1.20. The van der Waals surface area contributed by atoms with Crippen LogP contribution in [0.3, 0.4) is 0 Å². The first-order valence-electron chi connectivity index (χ1n) is 8.20. The fourth-order valence-corrected chi connectivity index (χ4v) is 4.09. The van der Waals surface area contributed by atoms with Crippen LogP contribution in [0.2, 0.25) is 5.02 Å². The van der Waals surface area contributed by atoms with Crippen LogP contribution in [0.1, 0.15) is 36.8 Å². The van der Waals surface area contributed by atoms with Crippen LogP contribution in [-0.4, -0.2) is 14.5 Å². The molecule has 0 unspecified atom stereocenters. The molecule has 0 spiro atoms. The maximum atomic E-state index is 6.15. The molecule has 0 saturated heterocycles. The largest absolute Gasteiger partial charge is 0.324 e. The molecule has 0 aliphatic carbocycles. The maximum Gasteiger partial charge on any atom is 0.124 e. The van der Waals surface area contributed by atoms with E-state index < -0.39 is 0 Å². The second kappa shape index (κ2) is 8.04. The summed E-state index contributed by atoms with van der Waals surface area (Å²) in [5, 5.41) is 1.85. The lowest BCUT2D eigenvalue weighted by atomic mass is 10.1. The van der Waals surface area contributed by atoms with Crippen molar-refractivity contribution in [2.75, 3.05) is 0 Å². The molecule has 4 nitrogen and oxygen atoms in total. The zero-order valence-electron chi connectivity index (χ0n) is 14.3. The lowest BCUT2D eigenvalue weighted by molar-refractivity contribution is 0.668. The third kappa shape index (κ3) is 4.24. The van der Waals surface area contributed by atoms with E-state index in [-0.39, 0.29) is 0 Å². The van der Waals surface area contributed by atoms with E-state index in [1.54, 1.807) is 11.8 Å². The van der Waals surface area contributed by atoms with Crippen LogP contribution in [0, 0.1) is 0 Å². The first-order chi connectivity index (χ1) is 12.1. The second-order valence-corrected chi connectivity index (χ2v) is 7.58. The van der Waals surface area contributed by atoms with Gasteiger partial charge in [0.1, 0.15) is 10.9 Å². The Balaban J connectivity index is 2.05. The van der Waals surface area contributed by atoms with Crippen LogP contribution in [-0.2, 0) is 13.1 Å². The molecule has 0 atom stereocenters. The van der Waals surface area contributed by atoms with Crippen molar-refractivity contribution in [2.24, 2.45) is 5.73 Å². The number of hydrogen-bond donors (Lipinski definition) is 1. The third-order valence-electron chi connectivity index (χ3n) is 3.86. The van der Waals surface area contributed by atoms with Gasteiger partial charge in [0.15, 0.2) is 0 Å². The Hall–Kier alpha value is -1.82. The number of halogens is 1. The molecule has 0 amide bonds. The second-order valence-electron chi connectivity index (χ2n) is 6.08. The van der Waals surface area contributed by atoms with Crippen LogP contribution in [0.4, 0.5) is 0 Å². The van der Waals surface area contributed by atoms with Crippen molar-refractivity contribution in [3.63, 3.8) is 0 Å². The van der Waals surface area contributed by atoms with Crippen LogP contribution in [0.5, 0.6) is 0 Å². The topological polar surface area (TPSA) is 56.7 Å². The summed E-state index contributed by atoms with van der Waals surface area (Å²) in [5.41, 5.74) is 8.22. The fraction of sp³-hybridized carbons (Fsp3) is 0.263. The van der Waals surface area contributed by atoms with Gasteiger partial charge in [-0.3, -0.25) is 4.98 Å². The molecule has 0 bridgehead atoms. The predicted molar refractivity (Wildman–Crippen MR) is 103 cm³/mol. The number of nitrogens with two attached hydrogens (primary N) is 1. The molecule has 1 aromatic carbocycles. The van der Waals surface area contributed by atoms with Gasteiger partial charge >= 0.3 is 0 Å². The Labute approximate surface area is 157 Å². The first kappa shape index (κ1) is 18.0. The Bertz CT molecular complexity index is 846. The molecule has 0 radical (unpaired) electrons. The summed E-state index contributed by atoms with van der Waals surface area (Å²) < 4.78 is 2.20. The highest BCUT2D eigenvalue weighted by molar-refractivity contribution is 7.99. The molecule has 0 fully saturated rings. The van der Waals surface area contributed by atoms with Gasteiger partial charge in [0.05, 0.1) is 12.2 Å². The van der Waals surface area contributed by atoms with E-state index in [1.807, 2.05) is 42.7 Å². The molecule has 3 aromatic rings. The van der Waals surface area contributed by atoms with Gasteiger partial charge in [-0.1, -0.05) is 43.3 Å². The fourth-order valence-electron chi connectivity index (χ4n) is 2.62. The van der Waals surface area contributed by atoms with E-state index in [9.17, 15) is 0 Å². The number of pyridine rings is 1. The number of rotatable bonds is 6. The van der Waals surface area contributed by atoms with Crippen LogP contribution >= 0.6 is 23.4 Å². The van der Waals surface area contributed by atoms with E-state index in [2.05, 4.69) is 29.5 Å². The molecule has 3 rings (SSSR count). The van der Waals surface area contributed by atoms with E-state index >= 15 is 0 Å². The van der Waals surface area contributed by atoms with Crippen molar-refractivity contribution in [2.45, 2.75) is 42.8 Å². The first-order valence-corrected chi connectivity index (χ1v) is 9.39. The molecule has 6 heteroatoms. The quantitative estimate of drug-likeness (QED) is 0.680. The monoisotopic (exact) mass is 372 g/mol. The lowest BCUT2D eigenvalue weighted by Gasteiger charge is -2.13. The van der Waals surface area contributed by atoms with Crippen molar-refractivity contribution in [3.8, 4) is 0 Å². The van der Waals surface area contributed by atoms with Gasteiger partial charge in [-0.2, -0.15) is 0 Å². The number of imidazole rings is 1. The standard InChI is InChI=1S/C19H21ClN4S/c1-13(2)18-19(25-16-5-3-4-15(20)10-16)24(17(11-21)23-18)12-14-6-8-22-9-7-14/h3-10,13H,11-12,21H2,1-2H3. The third-order valence-corrected chi connectivity index (χ3v) is 5.20. The Morgan fingerprint density at radius 1 is 1.20 bits per heavy atom. The van der Waals surface area contributed by atoms with Crippen molar-refractivity contribution in [1.82, 2.24) is 14.5 Å². The summed E-state index contributed by atoms with van der Waals surface area (Å²) in [6.45, 7) is 5.43. The van der Waals surface area contributed by atoms with Gasteiger partial charge in [0.2, 0.25) is 0 Å². The van der Waals surface area contributed by atoms with Gasteiger partial charge in [-0.15, -0.1) is 0 Å². The van der Waals surface area contributed by atoms with Crippen molar-refractivity contribution >= 4 is 23.4 Å². The predicted octanol–water partition coefficient (Wildman–Crippen LogP) is 4.71. The summed E-state index contributed by atoms with van der Waals surface area (Å²) in [6.07, 6.45) is 3.61. The van der Waals surface area contributed by atoms with Gasteiger partial charge in [-0.25, -0.2) is 4.98 Å². The number of aromatic nitrogens is 3. The SMILES string of the molecule is CC(C)c1nc(CN)n(Cc2ccncc2)c1Sc1cccc(Cl)c1. The Morgan fingerprint density at radius 2 is 1.96 bits per heavy atom. The van der Waals surface area contributed by atoms with Crippen LogP contribution in [0.15, 0.2) is 58.7 Å². The van der Waals surface area contributed by atoms with Gasteiger partial charge < -0.3 is 10.3 Å². The molecular weight excluding hydrogens is 352 g/mol. The molecule has 25 heavy (non-hydrogen) atoms. The van der Waals surface area contributed by atoms with Crippen LogP contribution < -0.4 is 5.73 Å². The molecule has 0 aliphatic heterocycles. The van der Waals surface area contributed by atoms with E-state index in [0.29, 0.717) is 12.5 Å². The number of benzene rings is 1. The summed E-state index contributed by atoms with van der Waals surface area (Å²) in [4.78, 5) is 10.00. The Kier molecular flexibility index (Phi) is 5.78. The van der Waals surface area contributed by atoms with Crippen molar-refractivity contribution in [1.29, 1.82) is 0 Å². The van der Waals surface area contributed by atoms with Crippen molar-refractivity contribution in [3.05, 3.63) is 70.9 Å². The zero-order chi connectivity index (χ0) is 17.8. The lowest BCUT2D eigenvalue weighted by Crippen LogP contribution is -2.10. The normalized spacial score (nSPS) is 11.2.